The van der Waals surface area contributed by atoms with Crippen molar-refractivity contribution < 1.29 is 12.6 Å². The minimum atomic E-state index is -3.74. The van der Waals surface area contributed by atoms with E-state index in [1.807, 2.05) is 31.2 Å². The number of hydrogen-bond acceptors (Lipinski definition) is 3. The van der Waals surface area contributed by atoms with E-state index in [2.05, 4.69) is 22.6 Å². The lowest BCUT2D eigenvalue weighted by molar-refractivity contribution is 0.220. The SMILES string of the molecule is CC(I)CC(C)OS(=O)(=O)c1cccc2ccccc12. The van der Waals surface area contributed by atoms with Crippen LogP contribution in [0.2, 0.25) is 0 Å². The Morgan fingerprint density at radius 1 is 1.10 bits per heavy atom. The van der Waals surface area contributed by atoms with Crippen LogP contribution < -0.4 is 0 Å². The zero-order chi connectivity index (χ0) is 14.8. The Kier molecular flexibility index (Phi) is 5.04. The summed E-state index contributed by atoms with van der Waals surface area (Å²) in [6, 6.07) is 12.6. The van der Waals surface area contributed by atoms with E-state index in [1.165, 1.54) is 0 Å². The van der Waals surface area contributed by atoms with Crippen molar-refractivity contribution in [3.05, 3.63) is 42.5 Å². The summed E-state index contributed by atoms with van der Waals surface area (Å²) in [5.74, 6) is 0. The smallest absolute Gasteiger partial charge is 0.263 e. The molecule has 0 N–H and O–H groups in total. The van der Waals surface area contributed by atoms with Crippen molar-refractivity contribution in [1.82, 2.24) is 0 Å². The molecule has 0 aliphatic rings. The lowest BCUT2D eigenvalue weighted by Crippen LogP contribution is -2.18. The molecule has 2 aromatic rings. The van der Waals surface area contributed by atoms with Crippen LogP contribution in [-0.2, 0) is 14.3 Å². The molecule has 0 fully saturated rings. The molecule has 20 heavy (non-hydrogen) atoms. The summed E-state index contributed by atoms with van der Waals surface area (Å²) in [6.07, 6.45) is 0.371. The minimum absolute atomic E-state index is 0.239. The summed E-state index contributed by atoms with van der Waals surface area (Å²) in [5.41, 5.74) is 0. The molecular formula is C15H17IO3S. The lowest BCUT2D eigenvalue weighted by Gasteiger charge is -2.15. The molecule has 0 saturated heterocycles. The van der Waals surface area contributed by atoms with Gasteiger partial charge in [0.2, 0.25) is 0 Å². The van der Waals surface area contributed by atoms with Gasteiger partial charge in [-0.3, -0.25) is 4.18 Å². The predicted molar refractivity (Wildman–Crippen MR) is 89.8 cm³/mol. The summed E-state index contributed by atoms with van der Waals surface area (Å²) in [6.45, 7) is 3.82. The molecule has 0 saturated carbocycles. The van der Waals surface area contributed by atoms with Gasteiger partial charge in [-0.1, -0.05) is 65.9 Å². The van der Waals surface area contributed by atoms with Crippen LogP contribution in [0.15, 0.2) is 47.4 Å². The first-order valence-corrected chi connectivity index (χ1v) is 9.10. The standard InChI is InChI=1S/C15H17IO3S/c1-11(16)10-12(2)19-20(17,18)15-9-5-7-13-6-3-4-8-14(13)15/h3-9,11-12H,10H2,1-2H3. The number of halogens is 1. The molecule has 0 heterocycles. The first-order valence-electron chi connectivity index (χ1n) is 6.45. The summed E-state index contributed by atoms with van der Waals surface area (Å²) in [4.78, 5) is 0.239. The maximum absolute atomic E-state index is 12.4. The monoisotopic (exact) mass is 404 g/mol. The maximum Gasteiger partial charge on any atom is 0.297 e. The van der Waals surface area contributed by atoms with Crippen LogP contribution in [0.3, 0.4) is 0 Å². The quantitative estimate of drug-likeness (QED) is 0.427. The third-order valence-corrected chi connectivity index (χ3v) is 4.95. The van der Waals surface area contributed by atoms with Gasteiger partial charge in [-0.25, -0.2) is 0 Å². The topological polar surface area (TPSA) is 43.4 Å². The van der Waals surface area contributed by atoms with Crippen LogP contribution >= 0.6 is 22.6 Å². The molecule has 3 nitrogen and oxygen atoms in total. The zero-order valence-electron chi connectivity index (χ0n) is 11.4. The molecule has 0 radical (unpaired) electrons. The molecule has 0 aliphatic carbocycles. The van der Waals surface area contributed by atoms with Crippen molar-refractivity contribution in [2.45, 2.75) is 35.2 Å². The summed E-state index contributed by atoms with van der Waals surface area (Å²) < 4.78 is 30.5. The second-order valence-electron chi connectivity index (χ2n) is 4.85. The molecule has 5 heteroatoms. The van der Waals surface area contributed by atoms with E-state index in [0.29, 0.717) is 15.7 Å². The Morgan fingerprint density at radius 3 is 2.45 bits per heavy atom. The van der Waals surface area contributed by atoms with E-state index < -0.39 is 10.1 Å². The summed E-state index contributed by atoms with van der Waals surface area (Å²) in [5, 5.41) is 1.59. The molecule has 2 rings (SSSR count). The number of rotatable bonds is 5. The molecule has 108 valence electrons. The van der Waals surface area contributed by atoms with Gasteiger partial charge >= 0.3 is 0 Å². The van der Waals surface area contributed by atoms with Gasteiger partial charge in [0.05, 0.1) is 6.10 Å². The molecule has 0 aliphatic heterocycles. The Balaban J connectivity index is 2.37. The van der Waals surface area contributed by atoms with Gasteiger partial charge in [0.1, 0.15) is 4.90 Å². The van der Waals surface area contributed by atoms with Gasteiger partial charge in [-0.15, -0.1) is 0 Å². The third-order valence-electron chi connectivity index (χ3n) is 2.97. The first kappa shape index (κ1) is 15.7. The fourth-order valence-corrected chi connectivity index (χ4v) is 4.21. The predicted octanol–water partition coefficient (Wildman–Crippen LogP) is 4.15. The van der Waals surface area contributed by atoms with Gasteiger partial charge in [0.15, 0.2) is 0 Å². The normalized spacial score (nSPS) is 15.2. The molecule has 0 amide bonds. The summed E-state index contributed by atoms with van der Waals surface area (Å²) >= 11 is 2.26. The van der Waals surface area contributed by atoms with Crippen LogP contribution in [0.25, 0.3) is 10.8 Å². The number of benzene rings is 2. The van der Waals surface area contributed by atoms with Crippen molar-refractivity contribution in [1.29, 1.82) is 0 Å². The van der Waals surface area contributed by atoms with Crippen LogP contribution in [0.4, 0.5) is 0 Å². The molecule has 2 unspecified atom stereocenters. The second-order valence-corrected chi connectivity index (χ2v) is 8.52. The first-order chi connectivity index (χ1) is 9.40. The highest BCUT2D eigenvalue weighted by Crippen LogP contribution is 2.25. The molecule has 0 bridgehead atoms. The fourth-order valence-electron chi connectivity index (χ4n) is 2.18. The van der Waals surface area contributed by atoms with Crippen LogP contribution in [0.5, 0.6) is 0 Å². The Morgan fingerprint density at radius 2 is 1.75 bits per heavy atom. The number of alkyl halides is 1. The Labute approximate surface area is 133 Å². The van der Waals surface area contributed by atoms with Crippen LogP contribution in [0, 0.1) is 0 Å². The highest BCUT2D eigenvalue weighted by atomic mass is 127. The molecule has 2 aromatic carbocycles. The second kappa shape index (κ2) is 6.41. The van der Waals surface area contributed by atoms with Gasteiger partial charge in [-0.2, -0.15) is 8.42 Å². The van der Waals surface area contributed by atoms with Crippen LogP contribution in [-0.4, -0.2) is 18.4 Å². The van der Waals surface area contributed by atoms with Crippen molar-refractivity contribution in [2.24, 2.45) is 0 Å². The van der Waals surface area contributed by atoms with Gasteiger partial charge in [0.25, 0.3) is 10.1 Å². The summed E-state index contributed by atoms with van der Waals surface area (Å²) in [7, 11) is -3.74. The highest BCUT2D eigenvalue weighted by Gasteiger charge is 2.22. The van der Waals surface area contributed by atoms with E-state index >= 15 is 0 Å². The van der Waals surface area contributed by atoms with Crippen molar-refractivity contribution in [2.75, 3.05) is 0 Å². The number of hydrogen-bond donors (Lipinski definition) is 0. The minimum Gasteiger partial charge on any atom is -0.263 e. The van der Waals surface area contributed by atoms with Crippen molar-refractivity contribution >= 4 is 43.5 Å². The third kappa shape index (κ3) is 3.71. The number of fused-ring (bicyclic) bond motifs is 1. The fraction of sp³-hybridized carbons (Fsp3) is 0.333. The average Bonchev–Trinajstić information content (AvgIpc) is 2.36. The Hall–Kier alpha value is -0.660. The highest BCUT2D eigenvalue weighted by molar-refractivity contribution is 14.1. The molecular weight excluding hydrogens is 387 g/mol. The van der Waals surface area contributed by atoms with Gasteiger partial charge in [-0.05, 0) is 24.8 Å². The molecule has 0 spiro atoms. The molecule has 0 aromatic heterocycles. The lowest BCUT2D eigenvalue weighted by atomic mass is 10.1. The van der Waals surface area contributed by atoms with E-state index in [1.54, 1.807) is 25.1 Å². The van der Waals surface area contributed by atoms with Crippen molar-refractivity contribution in [3.8, 4) is 0 Å². The van der Waals surface area contributed by atoms with Gasteiger partial charge in [0, 0.05) is 9.31 Å². The van der Waals surface area contributed by atoms with E-state index in [-0.39, 0.29) is 11.0 Å². The zero-order valence-corrected chi connectivity index (χ0v) is 14.4. The maximum atomic E-state index is 12.4. The largest absolute Gasteiger partial charge is 0.297 e. The Bertz CT molecular complexity index is 690. The molecule has 2 atom stereocenters. The van der Waals surface area contributed by atoms with Crippen LogP contribution in [0.1, 0.15) is 20.3 Å². The van der Waals surface area contributed by atoms with E-state index in [0.717, 1.165) is 5.39 Å². The van der Waals surface area contributed by atoms with Gasteiger partial charge < -0.3 is 0 Å². The van der Waals surface area contributed by atoms with E-state index in [4.69, 9.17) is 4.18 Å². The average molecular weight is 404 g/mol. The van der Waals surface area contributed by atoms with E-state index in [9.17, 15) is 8.42 Å². The van der Waals surface area contributed by atoms with Crippen molar-refractivity contribution in [3.63, 3.8) is 0 Å².